The van der Waals surface area contributed by atoms with Crippen molar-refractivity contribution in [3.63, 3.8) is 0 Å². The number of nitrogen functional groups attached to an aromatic ring is 1. The van der Waals surface area contributed by atoms with Gasteiger partial charge in [-0.15, -0.1) is 0 Å². The predicted octanol–water partition coefficient (Wildman–Crippen LogP) is 2.58. The highest BCUT2D eigenvalue weighted by Gasteiger charge is 2.33. The summed E-state index contributed by atoms with van der Waals surface area (Å²) < 4.78 is 5.58. The van der Waals surface area contributed by atoms with E-state index in [1.54, 1.807) is 6.07 Å². The van der Waals surface area contributed by atoms with Crippen molar-refractivity contribution in [2.24, 2.45) is 5.92 Å². The summed E-state index contributed by atoms with van der Waals surface area (Å²) in [5.74, 6) is 0.217. The number of anilines is 1. The summed E-state index contributed by atoms with van der Waals surface area (Å²) in [6, 6.07) is 5.47. The topological polar surface area (TPSA) is 52.3 Å². The van der Waals surface area contributed by atoms with Crippen LogP contribution in [-0.2, 0) is 4.74 Å². The van der Waals surface area contributed by atoms with Crippen LogP contribution < -0.4 is 5.73 Å². The molecule has 1 aromatic carbocycles. The number of ether oxygens (including phenoxy) is 1. The van der Waals surface area contributed by atoms with Crippen LogP contribution in [0.15, 0.2) is 18.2 Å². The van der Waals surface area contributed by atoms with Crippen LogP contribution in [-0.4, -0.2) is 18.5 Å². The van der Waals surface area contributed by atoms with Crippen LogP contribution in [0.5, 0.6) is 0 Å². The van der Waals surface area contributed by atoms with E-state index in [0.717, 1.165) is 24.0 Å². The summed E-state index contributed by atoms with van der Waals surface area (Å²) in [7, 11) is 0. The minimum Gasteiger partial charge on any atom is -0.399 e. The number of hydrogen-bond acceptors (Lipinski definition) is 3. The number of rotatable bonds is 3. The number of nitrogens with two attached hydrogens (primary N) is 1. The molecule has 0 bridgehead atoms. The highest BCUT2D eigenvalue weighted by Crippen LogP contribution is 2.28. The predicted molar refractivity (Wildman–Crippen MR) is 68.1 cm³/mol. The van der Waals surface area contributed by atoms with Crippen molar-refractivity contribution in [3.05, 3.63) is 29.3 Å². The van der Waals surface area contributed by atoms with Gasteiger partial charge in [-0.1, -0.05) is 6.92 Å². The third-order valence-electron chi connectivity index (χ3n) is 3.46. The maximum Gasteiger partial charge on any atom is 0.168 e. The second-order valence-corrected chi connectivity index (χ2v) is 4.65. The fraction of sp³-hybridized carbons (Fsp3) is 0.500. The second-order valence-electron chi connectivity index (χ2n) is 4.65. The molecule has 0 radical (unpaired) electrons. The van der Waals surface area contributed by atoms with Crippen molar-refractivity contribution < 1.29 is 9.53 Å². The Bertz CT molecular complexity index is 428. The van der Waals surface area contributed by atoms with Crippen LogP contribution in [0.2, 0.25) is 0 Å². The maximum atomic E-state index is 12.4. The number of benzene rings is 1. The van der Waals surface area contributed by atoms with Crippen molar-refractivity contribution in [2.75, 3.05) is 12.3 Å². The molecule has 0 saturated carbocycles. The average Bonchev–Trinajstić information content (AvgIpc) is 2.76. The normalized spacial score (nSPS) is 23.9. The molecule has 1 fully saturated rings. The maximum absolute atomic E-state index is 12.4. The number of Topliss-reactive ketones (excluding diaryl/α,β-unsaturated/α-hetero) is 1. The minimum atomic E-state index is 0.0160. The Labute approximate surface area is 102 Å². The smallest absolute Gasteiger partial charge is 0.168 e. The first-order valence-corrected chi connectivity index (χ1v) is 6.15. The van der Waals surface area contributed by atoms with E-state index in [4.69, 9.17) is 10.5 Å². The van der Waals surface area contributed by atoms with E-state index in [9.17, 15) is 4.79 Å². The number of carbonyl (C=O) groups is 1. The fourth-order valence-corrected chi connectivity index (χ4v) is 2.51. The zero-order chi connectivity index (χ0) is 12.4. The summed E-state index contributed by atoms with van der Waals surface area (Å²) in [4.78, 5) is 12.4. The van der Waals surface area contributed by atoms with E-state index < -0.39 is 0 Å². The standard InChI is InChI=1S/C14H19NO2/c1-3-13-12(6-7-17-13)14(16)11-5-4-10(15)8-9(11)2/h4-5,8,12-13H,3,6-7,15H2,1-2H3. The second kappa shape index (κ2) is 4.88. The molecule has 3 nitrogen and oxygen atoms in total. The summed E-state index contributed by atoms with van der Waals surface area (Å²) in [5.41, 5.74) is 8.14. The highest BCUT2D eigenvalue weighted by molar-refractivity contribution is 6.00. The molecule has 2 N–H and O–H groups in total. The molecule has 1 aliphatic rings. The summed E-state index contributed by atoms with van der Waals surface area (Å²) in [6.07, 6.45) is 1.81. The first kappa shape index (κ1) is 12.1. The van der Waals surface area contributed by atoms with Crippen molar-refractivity contribution in [1.29, 1.82) is 0 Å². The molecule has 3 heteroatoms. The largest absolute Gasteiger partial charge is 0.399 e. The van der Waals surface area contributed by atoms with Gasteiger partial charge in [0.05, 0.1) is 12.0 Å². The lowest BCUT2D eigenvalue weighted by molar-refractivity contribution is 0.0688. The van der Waals surface area contributed by atoms with Crippen LogP contribution in [0.1, 0.15) is 35.7 Å². The number of hydrogen-bond donors (Lipinski definition) is 1. The Morgan fingerprint density at radius 1 is 1.53 bits per heavy atom. The molecule has 17 heavy (non-hydrogen) atoms. The quantitative estimate of drug-likeness (QED) is 0.645. The van der Waals surface area contributed by atoms with Crippen molar-refractivity contribution >= 4 is 11.5 Å². The zero-order valence-electron chi connectivity index (χ0n) is 10.4. The Balaban J connectivity index is 2.24. The molecule has 2 atom stereocenters. The lowest BCUT2D eigenvalue weighted by atomic mass is 9.88. The fourth-order valence-electron chi connectivity index (χ4n) is 2.51. The van der Waals surface area contributed by atoms with E-state index in [0.29, 0.717) is 12.3 Å². The van der Waals surface area contributed by atoms with Crippen molar-refractivity contribution in [3.8, 4) is 0 Å². The van der Waals surface area contributed by atoms with Gasteiger partial charge < -0.3 is 10.5 Å². The van der Waals surface area contributed by atoms with Crippen molar-refractivity contribution in [1.82, 2.24) is 0 Å². The first-order valence-electron chi connectivity index (χ1n) is 6.15. The van der Waals surface area contributed by atoms with Gasteiger partial charge in [-0.05, 0) is 43.5 Å². The minimum absolute atomic E-state index is 0.0160. The number of ketones is 1. The number of carbonyl (C=O) groups excluding carboxylic acids is 1. The van der Waals surface area contributed by atoms with Gasteiger partial charge in [0.15, 0.2) is 5.78 Å². The third kappa shape index (κ3) is 2.34. The van der Waals surface area contributed by atoms with Crippen LogP contribution in [0.3, 0.4) is 0 Å². The van der Waals surface area contributed by atoms with Gasteiger partial charge in [-0.25, -0.2) is 0 Å². The lowest BCUT2D eigenvalue weighted by Gasteiger charge is -2.16. The van der Waals surface area contributed by atoms with Gasteiger partial charge in [-0.3, -0.25) is 4.79 Å². The van der Waals surface area contributed by atoms with E-state index in [2.05, 4.69) is 6.92 Å². The number of aryl methyl sites for hydroxylation is 1. The molecule has 2 unspecified atom stereocenters. The van der Waals surface area contributed by atoms with Crippen LogP contribution in [0, 0.1) is 12.8 Å². The van der Waals surface area contributed by atoms with E-state index in [-0.39, 0.29) is 17.8 Å². The van der Waals surface area contributed by atoms with Gasteiger partial charge in [0.2, 0.25) is 0 Å². The molecule has 0 aromatic heterocycles. The molecular formula is C14H19NO2. The van der Waals surface area contributed by atoms with Crippen LogP contribution >= 0.6 is 0 Å². The van der Waals surface area contributed by atoms with Crippen LogP contribution in [0.25, 0.3) is 0 Å². The summed E-state index contributed by atoms with van der Waals surface area (Å²) >= 11 is 0. The Morgan fingerprint density at radius 2 is 2.29 bits per heavy atom. The molecular weight excluding hydrogens is 214 g/mol. The van der Waals surface area contributed by atoms with E-state index >= 15 is 0 Å². The van der Waals surface area contributed by atoms with Gasteiger partial charge in [0.25, 0.3) is 0 Å². The Morgan fingerprint density at radius 3 is 2.94 bits per heavy atom. The molecule has 1 saturated heterocycles. The molecule has 92 valence electrons. The van der Waals surface area contributed by atoms with Gasteiger partial charge in [-0.2, -0.15) is 0 Å². The first-order chi connectivity index (χ1) is 8.13. The van der Waals surface area contributed by atoms with Gasteiger partial charge >= 0.3 is 0 Å². The highest BCUT2D eigenvalue weighted by atomic mass is 16.5. The molecule has 1 aliphatic heterocycles. The van der Waals surface area contributed by atoms with E-state index in [1.807, 2.05) is 19.1 Å². The average molecular weight is 233 g/mol. The molecule has 2 rings (SSSR count). The van der Waals surface area contributed by atoms with Gasteiger partial charge in [0.1, 0.15) is 0 Å². The lowest BCUT2D eigenvalue weighted by Crippen LogP contribution is -2.24. The molecule has 0 aliphatic carbocycles. The molecule has 1 heterocycles. The van der Waals surface area contributed by atoms with Gasteiger partial charge in [0, 0.05) is 17.9 Å². The SMILES string of the molecule is CCC1OCCC1C(=O)c1ccc(N)cc1C. The summed E-state index contributed by atoms with van der Waals surface area (Å²) in [5, 5.41) is 0. The molecule has 1 aromatic rings. The Kier molecular flexibility index (Phi) is 3.48. The molecule has 0 spiro atoms. The zero-order valence-corrected chi connectivity index (χ0v) is 10.4. The molecule has 0 amide bonds. The third-order valence-corrected chi connectivity index (χ3v) is 3.46. The monoisotopic (exact) mass is 233 g/mol. The van der Waals surface area contributed by atoms with Crippen molar-refractivity contribution in [2.45, 2.75) is 32.8 Å². The van der Waals surface area contributed by atoms with Crippen LogP contribution in [0.4, 0.5) is 5.69 Å². The summed E-state index contributed by atoms with van der Waals surface area (Å²) in [6.45, 7) is 4.69. The van der Waals surface area contributed by atoms with E-state index in [1.165, 1.54) is 0 Å². The Hall–Kier alpha value is -1.35.